The molecule has 0 unspecified atom stereocenters. The maximum absolute atomic E-state index is 5.23. The summed E-state index contributed by atoms with van der Waals surface area (Å²) in [7, 11) is 0. The van der Waals surface area contributed by atoms with Crippen LogP contribution in [0, 0.1) is 6.92 Å². The highest BCUT2D eigenvalue weighted by atomic mass is 16.3. The largest absolute Gasteiger partial charge is 0.469 e. The van der Waals surface area contributed by atoms with Gasteiger partial charge in [0.25, 0.3) is 0 Å². The molecule has 1 N–H and O–H groups in total. The Hall–Kier alpha value is -1.51. The number of furan rings is 1. The molecule has 2 heterocycles. The van der Waals surface area contributed by atoms with Crippen LogP contribution in [-0.2, 0) is 12.8 Å². The summed E-state index contributed by atoms with van der Waals surface area (Å²) in [6, 6.07) is 3.90. The van der Waals surface area contributed by atoms with Gasteiger partial charge in [0.1, 0.15) is 11.6 Å². The summed E-state index contributed by atoms with van der Waals surface area (Å²) in [5, 5.41) is 0. The number of aromatic nitrogens is 2. The third-order valence-electron chi connectivity index (χ3n) is 1.98. The predicted octanol–water partition coefficient (Wildman–Crippen LogP) is 2.10. The van der Waals surface area contributed by atoms with Gasteiger partial charge >= 0.3 is 0 Å². The van der Waals surface area contributed by atoms with Crippen molar-refractivity contribution in [3.63, 3.8) is 0 Å². The molecule has 0 fully saturated rings. The third kappa shape index (κ3) is 1.99. The fourth-order valence-electron chi connectivity index (χ4n) is 1.31. The lowest BCUT2D eigenvalue weighted by atomic mass is 10.2. The summed E-state index contributed by atoms with van der Waals surface area (Å²) in [5.74, 6) is 1.99. The van der Waals surface area contributed by atoms with Crippen LogP contribution < -0.4 is 0 Å². The van der Waals surface area contributed by atoms with E-state index in [1.165, 1.54) is 0 Å². The van der Waals surface area contributed by atoms with Gasteiger partial charge in [0.15, 0.2) is 0 Å². The van der Waals surface area contributed by atoms with Crippen LogP contribution in [0.15, 0.2) is 29.0 Å². The summed E-state index contributed by atoms with van der Waals surface area (Å²) in [5.41, 5.74) is 1.16. The smallest absolute Gasteiger partial charge is 0.104 e. The summed E-state index contributed by atoms with van der Waals surface area (Å²) in [4.78, 5) is 7.32. The molecule has 2 rings (SSSR count). The highest BCUT2D eigenvalue weighted by Crippen LogP contribution is 2.05. The summed E-state index contributed by atoms with van der Waals surface area (Å²) < 4.78 is 5.23. The number of hydrogen-bond acceptors (Lipinski definition) is 2. The topological polar surface area (TPSA) is 41.8 Å². The Morgan fingerprint density at radius 1 is 1.46 bits per heavy atom. The van der Waals surface area contributed by atoms with Crippen LogP contribution in [-0.4, -0.2) is 9.97 Å². The highest BCUT2D eigenvalue weighted by molar-refractivity contribution is 5.05. The molecule has 2 aromatic rings. The maximum atomic E-state index is 5.23. The van der Waals surface area contributed by atoms with Gasteiger partial charge in [0, 0.05) is 18.3 Å². The van der Waals surface area contributed by atoms with Crippen molar-refractivity contribution < 1.29 is 4.42 Å². The molecule has 3 heteroatoms. The zero-order chi connectivity index (χ0) is 9.10. The first-order chi connectivity index (χ1) is 6.34. The van der Waals surface area contributed by atoms with Crippen molar-refractivity contribution in [2.24, 2.45) is 0 Å². The number of nitrogens with zero attached hydrogens (tertiary/aromatic N) is 1. The Labute approximate surface area is 76.8 Å². The number of hydrogen-bond donors (Lipinski definition) is 1. The molecule has 0 amide bonds. The Morgan fingerprint density at radius 3 is 3.00 bits per heavy atom. The van der Waals surface area contributed by atoms with E-state index in [1.807, 2.05) is 25.3 Å². The molecule has 0 saturated carbocycles. The summed E-state index contributed by atoms with van der Waals surface area (Å²) in [6.07, 6.45) is 5.45. The molecule has 0 aromatic carbocycles. The van der Waals surface area contributed by atoms with E-state index >= 15 is 0 Å². The van der Waals surface area contributed by atoms with Crippen molar-refractivity contribution in [2.45, 2.75) is 19.8 Å². The van der Waals surface area contributed by atoms with E-state index in [4.69, 9.17) is 4.42 Å². The first-order valence-electron chi connectivity index (χ1n) is 4.37. The minimum atomic E-state index is 0.925. The van der Waals surface area contributed by atoms with Gasteiger partial charge in [-0.1, -0.05) is 0 Å². The van der Waals surface area contributed by atoms with Crippen LogP contribution in [0.1, 0.15) is 17.3 Å². The SMILES string of the molecule is Cc1ncc(CCc2ccco2)[nH]1. The van der Waals surface area contributed by atoms with Gasteiger partial charge in [-0.15, -0.1) is 0 Å². The molecule has 0 aliphatic heterocycles. The Morgan fingerprint density at radius 2 is 2.38 bits per heavy atom. The van der Waals surface area contributed by atoms with Gasteiger partial charge in [-0.25, -0.2) is 4.98 Å². The van der Waals surface area contributed by atoms with Crippen molar-refractivity contribution in [3.8, 4) is 0 Å². The summed E-state index contributed by atoms with van der Waals surface area (Å²) in [6.45, 7) is 1.95. The van der Waals surface area contributed by atoms with E-state index < -0.39 is 0 Å². The van der Waals surface area contributed by atoms with E-state index in [0.29, 0.717) is 0 Å². The maximum Gasteiger partial charge on any atom is 0.104 e. The van der Waals surface area contributed by atoms with Gasteiger partial charge in [0.2, 0.25) is 0 Å². The average molecular weight is 176 g/mol. The van der Waals surface area contributed by atoms with Crippen molar-refractivity contribution in [3.05, 3.63) is 41.9 Å². The summed E-state index contributed by atoms with van der Waals surface area (Å²) >= 11 is 0. The number of imidazole rings is 1. The molecule has 2 aromatic heterocycles. The normalized spacial score (nSPS) is 10.5. The van der Waals surface area contributed by atoms with Gasteiger partial charge in [0.05, 0.1) is 6.26 Å². The van der Waals surface area contributed by atoms with Crippen molar-refractivity contribution >= 4 is 0 Å². The lowest BCUT2D eigenvalue weighted by Gasteiger charge is -1.93. The highest BCUT2D eigenvalue weighted by Gasteiger charge is 1.99. The number of nitrogens with one attached hydrogen (secondary N) is 1. The Bertz CT molecular complexity index is 362. The zero-order valence-corrected chi connectivity index (χ0v) is 7.58. The first-order valence-corrected chi connectivity index (χ1v) is 4.37. The average Bonchev–Trinajstić information content (AvgIpc) is 2.71. The molecule has 0 bridgehead atoms. The number of H-pyrrole nitrogens is 1. The fraction of sp³-hybridized carbons (Fsp3) is 0.300. The van der Waals surface area contributed by atoms with Gasteiger partial charge in [-0.05, 0) is 25.5 Å². The molecule has 0 radical (unpaired) electrons. The molecule has 0 aliphatic carbocycles. The Kier molecular flexibility index (Phi) is 2.17. The Balaban J connectivity index is 1.93. The number of rotatable bonds is 3. The molecular weight excluding hydrogens is 164 g/mol. The van der Waals surface area contributed by atoms with E-state index in [9.17, 15) is 0 Å². The van der Waals surface area contributed by atoms with Crippen LogP contribution >= 0.6 is 0 Å². The van der Waals surface area contributed by atoms with Crippen LogP contribution in [0.5, 0.6) is 0 Å². The molecule has 13 heavy (non-hydrogen) atoms. The van der Waals surface area contributed by atoms with Gasteiger partial charge < -0.3 is 9.40 Å². The minimum Gasteiger partial charge on any atom is -0.469 e. The van der Waals surface area contributed by atoms with E-state index in [0.717, 1.165) is 30.1 Å². The second-order valence-corrected chi connectivity index (χ2v) is 3.07. The van der Waals surface area contributed by atoms with Crippen molar-refractivity contribution in [1.82, 2.24) is 9.97 Å². The number of aryl methyl sites for hydroxylation is 3. The van der Waals surface area contributed by atoms with E-state index in [2.05, 4.69) is 9.97 Å². The zero-order valence-electron chi connectivity index (χ0n) is 7.58. The standard InChI is InChI=1S/C10H12N2O/c1-8-11-7-9(12-8)4-5-10-3-2-6-13-10/h2-3,6-7H,4-5H2,1H3,(H,11,12). The molecule has 68 valence electrons. The van der Waals surface area contributed by atoms with E-state index in [1.54, 1.807) is 6.26 Å². The van der Waals surface area contributed by atoms with Crippen LogP contribution in [0.25, 0.3) is 0 Å². The van der Waals surface area contributed by atoms with Crippen molar-refractivity contribution in [2.75, 3.05) is 0 Å². The van der Waals surface area contributed by atoms with Gasteiger partial charge in [-0.3, -0.25) is 0 Å². The molecular formula is C10H12N2O. The monoisotopic (exact) mass is 176 g/mol. The quantitative estimate of drug-likeness (QED) is 0.778. The second-order valence-electron chi connectivity index (χ2n) is 3.07. The lowest BCUT2D eigenvalue weighted by molar-refractivity contribution is 0.507. The van der Waals surface area contributed by atoms with E-state index in [-0.39, 0.29) is 0 Å². The second kappa shape index (κ2) is 3.47. The first kappa shape index (κ1) is 8.10. The molecule has 0 atom stereocenters. The van der Waals surface area contributed by atoms with Crippen LogP contribution in [0.2, 0.25) is 0 Å². The third-order valence-corrected chi connectivity index (χ3v) is 1.98. The molecule has 0 spiro atoms. The van der Waals surface area contributed by atoms with Crippen LogP contribution in [0.4, 0.5) is 0 Å². The fourth-order valence-corrected chi connectivity index (χ4v) is 1.31. The van der Waals surface area contributed by atoms with Gasteiger partial charge in [-0.2, -0.15) is 0 Å². The predicted molar refractivity (Wildman–Crippen MR) is 49.4 cm³/mol. The number of aromatic amines is 1. The molecule has 0 aliphatic rings. The minimum absolute atomic E-state index is 0.925. The molecule has 0 saturated heterocycles. The van der Waals surface area contributed by atoms with Crippen LogP contribution in [0.3, 0.4) is 0 Å². The van der Waals surface area contributed by atoms with Crippen molar-refractivity contribution in [1.29, 1.82) is 0 Å². The molecule has 3 nitrogen and oxygen atoms in total. The lowest BCUT2D eigenvalue weighted by Crippen LogP contribution is -1.89.